The fourth-order valence-corrected chi connectivity index (χ4v) is 1.26. The second-order valence-corrected chi connectivity index (χ2v) is 3.29. The maximum atomic E-state index is 12.6. The van der Waals surface area contributed by atoms with Crippen LogP contribution in [0, 0.1) is 0 Å². The summed E-state index contributed by atoms with van der Waals surface area (Å²) in [5.74, 6) is 0.408. The lowest BCUT2D eigenvalue weighted by Gasteiger charge is -2.29. The van der Waals surface area contributed by atoms with E-state index in [2.05, 4.69) is 0 Å². The van der Waals surface area contributed by atoms with Crippen LogP contribution in [-0.2, 0) is 5.60 Å². The van der Waals surface area contributed by atoms with Crippen molar-refractivity contribution in [2.45, 2.75) is 11.8 Å². The fraction of sp³-hybridized carbons (Fsp3) is 0.400. The van der Waals surface area contributed by atoms with Gasteiger partial charge >= 0.3 is 6.18 Å². The summed E-state index contributed by atoms with van der Waals surface area (Å²) >= 11 is 0. The number of hydrogen-bond donors (Lipinski definition) is 2. The van der Waals surface area contributed by atoms with Crippen molar-refractivity contribution in [3.63, 3.8) is 0 Å². The molecule has 0 spiro atoms. The predicted molar refractivity (Wildman–Crippen MR) is 52.0 cm³/mol. The van der Waals surface area contributed by atoms with Gasteiger partial charge in [0, 0.05) is 6.54 Å². The van der Waals surface area contributed by atoms with Gasteiger partial charge < -0.3 is 15.6 Å². The van der Waals surface area contributed by atoms with Gasteiger partial charge in [0.05, 0.1) is 7.11 Å². The Labute approximate surface area is 90.6 Å². The number of nitrogens with two attached hydrogens (primary N) is 1. The van der Waals surface area contributed by atoms with Crippen molar-refractivity contribution in [3.05, 3.63) is 29.8 Å². The van der Waals surface area contributed by atoms with Crippen molar-refractivity contribution in [1.29, 1.82) is 0 Å². The maximum Gasteiger partial charge on any atom is 0.422 e. The van der Waals surface area contributed by atoms with Crippen LogP contribution in [0.4, 0.5) is 13.2 Å². The first-order valence-electron chi connectivity index (χ1n) is 4.49. The Hall–Kier alpha value is -1.27. The average molecular weight is 235 g/mol. The van der Waals surface area contributed by atoms with E-state index in [1.165, 1.54) is 19.2 Å². The number of hydrogen-bond acceptors (Lipinski definition) is 3. The first-order chi connectivity index (χ1) is 7.35. The molecule has 0 heterocycles. The number of ether oxygens (including phenoxy) is 1. The van der Waals surface area contributed by atoms with E-state index >= 15 is 0 Å². The molecule has 0 aliphatic carbocycles. The van der Waals surface area contributed by atoms with E-state index in [1.54, 1.807) is 0 Å². The van der Waals surface area contributed by atoms with Crippen molar-refractivity contribution >= 4 is 0 Å². The average Bonchev–Trinajstić information content (AvgIpc) is 2.26. The summed E-state index contributed by atoms with van der Waals surface area (Å²) in [7, 11) is 1.40. The highest BCUT2D eigenvalue weighted by Gasteiger charge is 2.53. The van der Waals surface area contributed by atoms with E-state index < -0.39 is 18.3 Å². The Kier molecular flexibility index (Phi) is 3.44. The minimum absolute atomic E-state index is 0.302. The van der Waals surface area contributed by atoms with Gasteiger partial charge in [-0.2, -0.15) is 13.2 Å². The third-order valence-corrected chi connectivity index (χ3v) is 2.33. The van der Waals surface area contributed by atoms with Crippen LogP contribution in [0.25, 0.3) is 0 Å². The summed E-state index contributed by atoms with van der Waals surface area (Å²) in [6, 6.07) is 4.95. The summed E-state index contributed by atoms with van der Waals surface area (Å²) in [4.78, 5) is 0. The first-order valence-corrected chi connectivity index (χ1v) is 4.49. The van der Waals surface area contributed by atoms with Crippen molar-refractivity contribution in [2.75, 3.05) is 13.7 Å². The molecule has 1 aromatic rings. The molecule has 90 valence electrons. The molecule has 0 unspecified atom stereocenters. The first kappa shape index (κ1) is 12.8. The summed E-state index contributed by atoms with van der Waals surface area (Å²) in [6.07, 6.45) is -4.81. The molecule has 1 rings (SSSR count). The van der Waals surface area contributed by atoms with E-state index in [1.807, 2.05) is 0 Å². The van der Waals surface area contributed by atoms with Crippen LogP contribution in [0.1, 0.15) is 5.56 Å². The number of methoxy groups -OCH3 is 1. The lowest BCUT2D eigenvalue weighted by molar-refractivity contribution is -0.262. The number of rotatable bonds is 3. The molecule has 0 amide bonds. The largest absolute Gasteiger partial charge is 0.497 e. The molecule has 0 radical (unpaired) electrons. The third-order valence-electron chi connectivity index (χ3n) is 2.33. The lowest BCUT2D eigenvalue weighted by atomic mass is 9.93. The van der Waals surface area contributed by atoms with E-state index in [0.717, 1.165) is 12.1 Å². The second-order valence-electron chi connectivity index (χ2n) is 3.29. The van der Waals surface area contributed by atoms with Gasteiger partial charge in [0.1, 0.15) is 5.75 Å². The van der Waals surface area contributed by atoms with Gasteiger partial charge in [-0.25, -0.2) is 0 Å². The number of benzene rings is 1. The summed E-state index contributed by atoms with van der Waals surface area (Å²) in [6.45, 7) is -0.928. The molecule has 16 heavy (non-hydrogen) atoms. The Morgan fingerprint density at radius 3 is 2.06 bits per heavy atom. The van der Waals surface area contributed by atoms with Gasteiger partial charge in [0.25, 0.3) is 0 Å². The molecule has 1 atom stereocenters. The number of aliphatic hydroxyl groups is 1. The zero-order chi connectivity index (χ0) is 12.4. The van der Waals surface area contributed by atoms with Gasteiger partial charge in [0.15, 0.2) is 5.60 Å². The molecule has 0 fully saturated rings. The summed E-state index contributed by atoms with van der Waals surface area (Å²) in [5.41, 5.74) is 1.68. The fourth-order valence-electron chi connectivity index (χ4n) is 1.26. The van der Waals surface area contributed by atoms with Gasteiger partial charge in [-0.05, 0) is 17.7 Å². The van der Waals surface area contributed by atoms with Crippen LogP contribution < -0.4 is 10.5 Å². The Morgan fingerprint density at radius 1 is 1.25 bits per heavy atom. The molecule has 0 aliphatic heterocycles. The zero-order valence-electron chi connectivity index (χ0n) is 8.58. The Balaban J connectivity index is 3.13. The molecule has 1 aromatic carbocycles. The highest BCUT2D eigenvalue weighted by molar-refractivity contribution is 5.32. The van der Waals surface area contributed by atoms with Crippen molar-refractivity contribution in [2.24, 2.45) is 5.73 Å². The van der Waals surface area contributed by atoms with Crippen LogP contribution in [0.15, 0.2) is 24.3 Å². The van der Waals surface area contributed by atoms with Gasteiger partial charge in [-0.1, -0.05) is 12.1 Å². The monoisotopic (exact) mass is 235 g/mol. The predicted octanol–water partition coefficient (Wildman–Crippen LogP) is 1.40. The molecule has 3 N–H and O–H groups in total. The molecule has 0 saturated carbocycles. The topological polar surface area (TPSA) is 55.5 Å². The van der Waals surface area contributed by atoms with E-state index in [0.29, 0.717) is 5.75 Å². The highest BCUT2D eigenvalue weighted by atomic mass is 19.4. The molecule has 0 aromatic heterocycles. The van der Waals surface area contributed by atoms with Crippen LogP contribution >= 0.6 is 0 Å². The van der Waals surface area contributed by atoms with Crippen LogP contribution in [-0.4, -0.2) is 24.9 Å². The molecule has 3 nitrogen and oxygen atoms in total. The molecule has 6 heteroatoms. The van der Waals surface area contributed by atoms with Gasteiger partial charge in [-0.3, -0.25) is 0 Å². The number of halogens is 3. The van der Waals surface area contributed by atoms with Crippen LogP contribution in [0.3, 0.4) is 0 Å². The molecule has 0 bridgehead atoms. The summed E-state index contributed by atoms with van der Waals surface area (Å²) in [5, 5.41) is 9.50. The van der Waals surface area contributed by atoms with E-state index in [-0.39, 0.29) is 5.56 Å². The smallest absolute Gasteiger partial charge is 0.422 e. The summed E-state index contributed by atoms with van der Waals surface area (Å²) < 4.78 is 42.6. The van der Waals surface area contributed by atoms with Gasteiger partial charge in [-0.15, -0.1) is 0 Å². The zero-order valence-corrected chi connectivity index (χ0v) is 8.58. The Morgan fingerprint density at radius 2 is 1.75 bits per heavy atom. The van der Waals surface area contributed by atoms with E-state index in [9.17, 15) is 18.3 Å². The maximum absolute atomic E-state index is 12.6. The highest BCUT2D eigenvalue weighted by Crippen LogP contribution is 2.38. The minimum Gasteiger partial charge on any atom is -0.497 e. The lowest BCUT2D eigenvalue weighted by Crippen LogP contribution is -2.48. The molecule has 0 aliphatic rings. The van der Waals surface area contributed by atoms with Crippen molar-refractivity contribution in [3.8, 4) is 5.75 Å². The van der Waals surface area contributed by atoms with E-state index in [4.69, 9.17) is 10.5 Å². The molecular weight excluding hydrogens is 223 g/mol. The molecule has 0 saturated heterocycles. The quantitative estimate of drug-likeness (QED) is 0.832. The van der Waals surface area contributed by atoms with Gasteiger partial charge in [0.2, 0.25) is 0 Å². The SMILES string of the molecule is COc1ccc([C@](O)(CN)C(F)(F)F)cc1. The van der Waals surface area contributed by atoms with Crippen LogP contribution in [0.2, 0.25) is 0 Å². The van der Waals surface area contributed by atoms with Crippen LogP contribution in [0.5, 0.6) is 5.75 Å². The minimum atomic E-state index is -4.81. The number of alkyl halides is 3. The van der Waals surface area contributed by atoms with Crippen molar-refractivity contribution in [1.82, 2.24) is 0 Å². The standard InChI is InChI=1S/C10H12F3NO2/c1-16-8-4-2-7(3-5-8)9(15,6-14)10(11,12)13/h2-5,15H,6,14H2,1H3/t9-/m1/s1. The normalized spacial score (nSPS) is 15.6. The second kappa shape index (κ2) is 4.31. The molecular formula is C10H12F3NO2. The van der Waals surface area contributed by atoms with Crippen molar-refractivity contribution < 1.29 is 23.0 Å². The Bertz CT molecular complexity index is 350. The third kappa shape index (κ3) is 2.12.